The first kappa shape index (κ1) is 10.4. The van der Waals surface area contributed by atoms with Gasteiger partial charge in [-0.05, 0) is 38.1 Å². The minimum absolute atomic E-state index is 0.494. The molecule has 2 aliphatic rings. The van der Waals surface area contributed by atoms with Crippen LogP contribution in [0.15, 0.2) is 0 Å². The number of hydrogen-bond donors (Lipinski definition) is 1. The lowest BCUT2D eigenvalue weighted by atomic mass is 9.68. The maximum absolute atomic E-state index is 3.56. The van der Waals surface area contributed by atoms with Gasteiger partial charge in [0.15, 0.2) is 0 Å². The summed E-state index contributed by atoms with van der Waals surface area (Å²) in [5, 5.41) is 3.56. The van der Waals surface area contributed by atoms with Crippen LogP contribution in [0, 0.1) is 5.41 Å². The predicted molar refractivity (Wildman–Crippen MR) is 60.5 cm³/mol. The van der Waals surface area contributed by atoms with Gasteiger partial charge in [0.2, 0.25) is 0 Å². The Hall–Kier alpha value is -0.0800. The predicted octanol–water partition coefficient (Wildman–Crippen LogP) is 1.86. The molecule has 82 valence electrons. The van der Waals surface area contributed by atoms with Gasteiger partial charge in [-0.2, -0.15) is 0 Å². The van der Waals surface area contributed by atoms with Crippen molar-refractivity contribution in [3.63, 3.8) is 0 Å². The molecule has 1 saturated heterocycles. The summed E-state index contributed by atoms with van der Waals surface area (Å²) in [6, 6.07) is 0. The smallest absolute Gasteiger partial charge is 0.0331 e. The van der Waals surface area contributed by atoms with E-state index in [0.717, 1.165) is 0 Å². The van der Waals surface area contributed by atoms with Crippen molar-refractivity contribution in [2.75, 3.05) is 26.7 Å². The molecular formula is C12H24N2. The van der Waals surface area contributed by atoms with E-state index in [1.807, 2.05) is 0 Å². The summed E-state index contributed by atoms with van der Waals surface area (Å²) in [5.41, 5.74) is 1.08. The van der Waals surface area contributed by atoms with Crippen LogP contribution in [0.25, 0.3) is 0 Å². The molecule has 1 aliphatic heterocycles. The van der Waals surface area contributed by atoms with E-state index in [1.54, 1.807) is 0 Å². The second kappa shape index (κ2) is 3.49. The molecule has 14 heavy (non-hydrogen) atoms. The van der Waals surface area contributed by atoms with Crippen molar-refractivity contribution in [1.29, 1.82) is 0 Å². The van der Waals surface area contributed by atoms with E-state index in [1.165, 1.54) is 45.3 Å². The summed E-state index contributed by atoms with van der Waals surface area (Å²) < 4.78 is 0. The highest BCUT2D eigenvalue weighted by Gasteiger charge is 2.41. The SMILES string of the molecule is CN1CCNCC12CCC(C)(C)CC2. The van der Waals surface area contributed by atoms with Gasteiger partial charge in [0.05, 0.1) is 0 Å². The van der Waals surface area contributed by atoms with Crippen molar-refractivity contribution in [1.82, 2.24) is 10.2 Å². The summed E-state index contributed by atoms with van der Waals surface area (Å²) >= 11 is 0. The van der Waals surface area contributed by atoms with Gasteiger partial charge in [-0.15, -0.1) is 0 Å². The number of nitrogens with one attached hydrogen (secondary N) is 1. The Morgan fingerprint density at radius 2 is 1.71 bits per heavy atom. The highest BCUT2D eigenvalue weighted by Crippen LogP contribution is 2.42. The Morgan fingerprint density at radius 3 is 2.29 bits per heavy atom. The lowest BCUT2D eigenvalue weighted by Crippen LogP contribution is -2.61. The zero-order valence-corrected chi connectivity index (χ0v) is 9.90. The summed E-state index contributed by atoms with van der Waals surface area (Å²) in [5.74, 6) is 0. The van der Waals surface area contributed by atoms with Crippen molar-refractivity contribution in [2.45, 2.75) is 45.1 Å². The van der Waals surface area contributed by atoms with Crippen LogP contribution >= 0.6 is 0 Å². The molecule has 0 unspecified atom stereocenters. The molecule has 2 fully saturated rings. The fourth-order valence-corrected chi connectivity index (χ4v) is 2.89. The van der Waals surface area contributed by atoms with Crippen LogP contribution < -0.4 is 5.32 Å². The van der Waals surface area contributed by atoms with Gasteiger partial charge in [0.1, 0.15) is 0 Å². The number of hydrogen-bond acceptors (Lipinski definition) is 2. The number of nitrogens with zero attached hydrogens (tertiary/aromatic N) is 1. The average Bonchev–Trinajstić information content (AvgIpc) is 2.15. The molecule has 2 nitrogen and oxygen atoms in total. The molecule has 0 radical (unpaired) electrons. The van der Waals surface area contributed by atoms with E-state index < -0.39 is 0 Å². The minimum Gasteiger partial charge on any atom is -0.314 e. The second-order valence-corrected chi connectivity index (χ2v) is 5.99. The molecule has 0 aromatic rings. The molecule has 1 heterocycles. The normalized spacial score (nSPS) is 31.9. The monoisotopic (exact) mass is 196 g/mol. The molecular weight excluding hydrogens is 172 g/mol. The average molecular weight is 196 g/mol. The Kier molecular flexibility index (Phi) is 2.61. The first-order valence-electron chi connectivity index (χ1n) is 5.96. The standard InChI is InChI=1S/C12H24N2/c1-11(2)4-6-12(7-5-11)10-13-8-9-14(12)3/h13H,4-10H2,1-3H3. The van der Waals surface area contributed by atoms with Crippen LogP contribution in [0.2, 0.25) is 0 Å². The molecule has 1 saturated carbocycles. The van der Waals surface area contributed by atoms with Crippen molar-refractivity contribution in [3.05, 3.63) is 0 Å². The van der Waals surface area contributed by atoms with Gasteiger partial charge in [-0.3, -0.25) is 4.90 Å². The molecule has 0 aromatic heterocycles. The zero-order chi connectivity index (χ0) is 10.2. The lowest BCUT2D eigenvalue weighted by Gasteiger charge is -2.51. The fourth-order valence-electron chi connectivity index (χ4n) is 2.89. The van der Waals surface area contributed by atoms with Crippen molar-refractivity contribution in [2.24, 2.45) is 5.41 Å². The largest absolute Gasteiger partial charge is 0.314 e. The number of likely N-dealkylation sites (N-methyl/N-ethyl adjacent to an activating group) is 1. The maximum Gasteiger partial charge on any atom is 0.0331 e. The van der Waals surface area contributed by atoms with Gasteiger partial charge in [-0.25, -0.2) is 0 Å². The van der Waals surface area contributed by atoms with Gasteiger partial charge in [0.25, 0.3) is 0 Å². The van der Waals surface area contributed by atoms with Crippen molar-refractivity contribution in [3.8, 4) is 0 Å². The van der Waals surface area contributed by atoms with E-state index in [-0.39, 0.29) is 0 Å². The van der Waals surface area contributed by atoms with Gasteiger partial charge >= 0.3 is 0 Å². The van der Waals surface area contributed by atoms with Gasteiger partial charge in [-0.1, -0.05) is 13.8 Å². The lowest BCUT2D eigenvalue weighted by molar-refractivity contribution is 0.0177. The molecule has 1 aliphatic carbocycles. The third-order valence-electron chi connectivity index (χ3n) is 4.42. The maximum atomic E-state index is 3.56. The molecule has 1 spiro atoms. The third kappa shape index (κ3) is 1.82. The third-order valence-corrected chi connectivity index (χ3v) is 4.42. The highest BCUT2D eigenvalue weighted by molar-refractivity contribution is 4.99. The molecule has 0 atom stereocenters. The van der Waals surface area contributed by atoms with Crippen LogP contribution in [-0.2, 0) is 0 Å². The highest BCUT2D eigenvalue weighted by atomic mass is 15.2. The van der Waals surface area contributed by atoms with Crippen molar-refractivity contribution < 1.29 is 0 Å². The first-order valence-corrected chi connectivity index (χ1v) is 5.96. The minimum atomic E-state index is 0.494. The molecule has 2 rings (SSSR count). The van der Waals surface area contributed by atoms with Gasteiger partial charge in [0, 0.05) is 25.2 Å². The van der Waals surface area contributed by atoms with E-state index >= 15 is 0 Å². The quantitative estimate of drug-likeness (QED) is 0.636. The molecule has 0 amide bonds. The Morgan fingerprint density at radius 1 is 1.07 bits per heavy atom. The van der Waals surface area contributed by atoms with E-state index in [4.69, 9.17) is 0 Å². The van der Waals surface area contributed by atoms with Crippen LogP contribution in [0.1, 0.15) is 39.5 Å². The van der Waals surface area contributed by atoms with E-state index in [0.29, 0.717) is 11.0 Å². The summed E-state index contributed by atoms with van der Waals surface area (Å²) in [6.07, 6.45) is 5.53. The Bertz CT molecular complexity index is 200. The summed E-state index contributed by atoms with van der Waals surface area (Å²) in [4.78, 5) is 2.60. The topological polar surface area (TPSA) is 15.3 Å². The fraction of sp³-hybridized carbons (Fsp3) is 1.00. The second-order valence-electron chi connectivity index (χ2n) is 5.99. The number of rotatable bonds is 0. The van der Waals surface area contributed by atoms with Crippen LogP contribution in [-0.4, -0.2) is 37.1 Å². The molecule has 2 heteroatoms. The van der Waals surface area contributed by atoms with Crippen molar-refractivity contribution >= 4 is 0 Å². The molecule has 1 N–H and O–H groups in total. The van der Waals surface area contributed by atoms with Gasteiger partial charge < -0.3 is 5.32 Å². The van der Waals surface area contributed by atoms with Crippen LogP contribution in [0.3, 0.4) is 0 Å². The molecule has 0 bridgehead atoms. The van der Waals surface area contributed by atoms with Crippen LogP contribution in [0.5, 0.6) is 0 Å². The Balaban J connectivity index is 2.03. The van der Waals surface area contributed by atoms with E-state index in [2.05, 4.69) is 31.1 Å². The van der Waals surface area contributed by atoms with E-state index in [9.17, 15) is 0 Å². The van der Waals surface area contributed by atoms with Crippen LogP contribution in [0.4, 0.5) is 0 Å². The number of piperazine rings is 1. The first-order chi connectivity index (χ1) is 6.54. The summed E-state index contributed by atoms with van der Waals surface area (Å²) in [6.45, 7) is 8.42. The Labute approximate surface area is 88.1 Å². The zero-order valence-electron chi connectivity index (χ0n) is 9.90. The summed E-state index contributed by atoms with van der Waals surface area (Å²) in [7, 11) is 2.30. The molecule has 0 aromatic carbocycles.